The molecule has 0 fully saturated rings. The Kier molecular flexibility index (Phi) is 7.67. The third kappa shape index (κ3) is 16.0. The smallest absolute Gasteiger partial charge is 0.243 e. The van der Waals surface area contributed by atoms with E-state index >= 15 is 0 Å². The molecule has 0 rings (SSSR count). The maximum atomic E-state index is 11.0. The summed E-state index contributed by atoms with van der Waals surface area (Å²) < 4.78 is 64.3. The molecule has 0 unspecified atom stereocenters. The molecule has 0 aliphatic rings. The molecule has 6 heteroatoms. The van der Waals surface area contributed by atoms with E-state index in [4.69, 9.17) is 0 Å². The lowest BCUT2D eigenvalue weighted by atomic mass is 10.6. The summed E-state index contributed by atoms with van der Waals surface area (Å²) in [5.74, 6) is -1.37. The van der Waals surface area contributed by atoms with Gasteiger partial charge in [-0.1, -0.05) is 6.58 Å². The second kappa shape index (κ2) is 6.75. The van der Waals surface area contributed by atoms with Gasteiger partial charge in [0.15, 0.2) is 5.83 Å². The fraction of sp³-hybridized carbons (Fsp3) is 0.333. The summed E-state index contributed by atoms with van der Waals surface area (Å²) in [6.07, 6.45) is -4.66. The Morgan fingerprint density at radius 2 is 1.67 bits per heavy atom. The van der Waals surface area contributed by atoms with E-state index < -0.39 is 25.0 Å². The maximum Gasteiger partial charge on any atom is 0.409 e. The average Bonchev–Trinajstić information content (AvgIpc) is 2.03. The predicted octanol–water partition coefficient (Wildman–Crippen LogP) is 3.47. The summed E-state index contributed by atoms with van der Waals surface area (Å²) in [5.41, 5.74) is 0. The molecule has 0 aromatic carbocycles. The van der Waals surface area contributed by atoms with Crippen LogP contribution in [0.3, 0.4) is 0 Å². The molecular formula is C6H6F6. The largest absolute Gasteiger partial charge is 0.409 e. The summed E-state index contributed by atoms with van der Waals surface area (Å²) in [6, 6.07) is 0. The molecular weight excluding hydrogens is 186 g/mol. The maximum absolute atomic E-state index is 11.0. The lowest BCUT2D eigenvalue weighted by Crippen LogP contribution is -1.98. The first-order chi connectivity index (χ1) is 5.37. The van der Waals surface area contributed by atoms with Crippen LogP contribution in [0, 0.1) is 0 Å². The lowest BCUT2D eigenvalue weighted by molar-refractivity contribution is -0.0795. The van der Waals surface area contributed by atoms with Gasteiger partial charge in [-0.3, -0.25) is 0 Å². The van der Waals surface area contributed by atoms with Gasteiger partial charge in [0.25, 0.3) is 0 Å². The van der Waals surface area contributed by atoms with Crippen LogP contribution < -0.4 is 0 Å². The first kappa shape index (κ1) is 13.6. The molecule has 0 saturated carbocycles. The lowest BCUT2D eigenvalue weighted by Gasteiger charge is -1.91. The quantitative estimate of drug-likeness (QED) is 0.440. The Balaban J connectivity index is 0. The Morgan fingerprint density at radius 1 is 1.33 bits per heavy atom. The molecule has 72 valence electrons. The summed E-state index contributed by atoms with van der Waals surface area (Å²) in [4.78, 5) is 0. The zero-order valence-corrected chi connectivity index (χ0v) is 5.84. The highest BCUT2D eigenvalue weighted by atomic mass is 19.4. The van der Waals surface area contributed by atoms with Crippen LogP contribution >= 0.6 is 0 Å². The number of halogens is 6. The number of allylic oxidation sites excluding steroid dienone is 2. The van der Waals surface area contributed by atoms with Gasteiger partial charge in [-0.2, -0.15) is 13.2 Å². The third-order valence-electron chi connectivity index (χ3n) is 0.478. The third-order valence-corrected chi connectivity index (χ3v) is 0.478. The number of alkyl halides is 4. The van der Waals surface area contributed by atoms with Crippen molar-refractivity contribution in [2.45, 2.75) is 6.18 Å². The Labute approximate surface area is 65.2 Å². The minimum atomic E-state index is -4.19. The topological polar surface area (TPSA) is 0 Å². The first-order valence-electron chi connectivity index (χ1n) is 2.58. The van der Waals surface area contributed by atoms with Gasteiger partial charge in [-0.25, -0.2) is 13.2 Å². The molecule has 0 saturated heterocycles. The summed E-state index contributed by atoms with van der Waals surface area (Å²) in [6.45, 7) is 1.16. The zero-order chi connectivity index (χ0) is 10.2. The molecule has 0 N–H and O–H groups in total. The fourth-order valence-corrected chi connectivity index (χ4v) is 0.0292. The van der Waals surface area contributed by atoms with Crippen LogP contribution in [0.5, 0.6) is 0 Å². The second-order valence-electron chi connectivity index (χ2n) is 1.44. The Morgan fingerprint density at radius 3 is 1.67 bits per heavy atom. The van der Waals surface area contributed by atoms with E-state index in [9.17, 15) is 26.3 Å². The van der Waals surface area contributed by atoms with Crippen molar-refractivity contribution in [3.63, 3.8) is 0 Å². The molecule has 0 nitrogen and oxygen atoms in total. The van der Waals surface area contributed by atoms with E-state index in [1.165, 1.54) is 0 Å². The van der Waals surface area contributed by atoms with Crippen LogP contribution in [-0.4, -0.2) is 12.9 Å². The SMILES string of the molecule is C=CC(F)(F)F.FC=C(F)CF. The van der Waals surface area contributed by atoms with E-state index in [0.29, 0.717) is 0 Å². The van der Waals surface area contributed by atoms with E-state index in [1.807, 2.05) is 0 Å². The van der Waals surface area contributed by atoms with Crippen LogP contribution in [0.2, 0.25) is 0 Å². The number of rotatable bonds is 1. The number of hydrogen-bond acceptors (Lipinski definition) is 0. The van der Waals surface area contributed by atoms with Crippen molar-refractivity contribution < 1.29 is 26.3 Å². The van der Waals surface area contributed by atoms with Gasteiger partial charge in [0, 0.05) is 6.08 Å². The van der Waals surface area contributed by atoms with Crippen LogP contribution in [-0.2, 0) is 0 Å². The average molecular weight is 192 g/mol. The van der Waals surface area contributed by atoms with Gasteiger partial charge < -0.3 is 0 Å². The van der Waals surface area contributed by atoms with Crippen molar-refractivity contribution in [1.82, 2.24) is 0 Å². The minimum absolute atomic E-state index is 0.0625. The summed E-state index contributed by atoms with van der Waals surface area (Å²) in [5, 5.41) is 0. The predicted molar refractivity (Wildman–Crippen MR) is 32.5 cm³/mol. The van der Waals surface area contributed by atoms with Crippen molar-refractivity contribution in [3.8, 4) is 0 Å². The van der Waals surface area contributed by atoms with Gasteiger partial charge in [-0.05, 0) is 0 Å². The van der Waals surface area contributed by atoms with Crippen molar-refractivity contribution in [1.29, 1.82) is 0 Å². The Bertz CT molecular complexity index is 145. The molecule has 0 aliphatic heterocycles. The van der Waals surface area contributed by atoms with Crippen LogP contribution in [0.4, 0.5) is 26.3 Å². The number of hydrogen-bond donors (Lipinski definition) is 0. The molecule has 0 aromatic rings. The highest BCUT2D eigenvalue weighted by Gasteiger charge is 2.19. The summed E-state index contributed by atoms with van der Waals surface area (Å²) >= 11 is 0. The molecule has 0 heterocycles. The molecule has 0 radical (unpaired) electrons. The van der Waals surface area contributed by atoms with Gasteiger partial charge in [0.2, 0.25) is 0 Å². The van der Waals surface area contributed by atoms with Crippen LogP contribution in [0.1, 0.15) is 0 Å². The molecule has 0 bridgehead atoms. The van der Waals surface area contributed by atoms with Gasteiger partial charge in [0.1, 0.15) is 13.0 Å². The highest BCUT2D eigenvalue weighted by Crippen LogP contribution is 2.13. The van der Waals surface area contributed by atoms with Gasteiger partial charge in [-0.15, -0.1) is 0 Å². The monoisotopic (exact) mass is 192 g/mol. The van der Waals surface area contributed by atoms with E-state index in [0.717, 1.165) is 0 Å². The molecule has 0 aromatic heterocycles. The van der Waals surface area contributed by atoms with E-state index in [-0.39, 0.29) is 6.08 Å². The molecule has 0 amide bonds. The zero-order valence-electron chi connectivity index (χ0n) is 5.84. The van der Waals surface area contributed by atoms with Gasteiger partial charge in [0.05, 0.1) is 0 Å². The van der Waals surface area contributed by atoms with Crippen molar-refractivity contribution >= 4 is 0 Å². The van der Waals surface area contributed by atoms with E-state index in [2.05, 4.69) is 6.58 Å². The molecule has 0 aliphatic carbocycles. The standard InChI is InChI=1S/2C3H3F3/c4-1-3(6)2-5;1-2-3(4,5)6/h1H,2H2;2H,1H2. The van der Waals surface area contributed by atoms with Gasteiger partial charge >= 0.3 is 6.18 Å². The van der Waals surface area contributed by atoms with Crippen LogP contribution in [0.25, 0.3) is 0 Å². The van der Waals surface area contributed by atoms with Crippen LogP contribution in [0.15, 0.2) is 24.8 Å². The molecule has 12 heavy (non-hydrogen) atoms. The van der Waals surface area contributed by atoms with Crippen molar-refractivity contribution in [2.24, 2.45) is 0 Å². The summed E-state index contributed by atoms with van der Waals surface area (Å²) in [7, 11) is 0. The molecule has 0 atom stereocenters. The first-order valence-corrected chi connectivity index (χ1v) is 2.58. The van der Waals surface area contributed by atoms with E-state index in [1.54, 1.807) is 0 Å². The molecule has 0 spiro atoms. The normalized spacial score (nSPS) is 11.7. The van der Waals surface area contributed by atoms with Crippen molar-refractivity contribution in [2.75, 3.05) is 6.67 Å². The fourth-order valence-electron chi connectivity index (χ4n) is 0.0292. The van der Waals surface area contributed by atoms with Crippen molar-refractivity contribution in [3.05, 3.63) is 24.8 Å². The minimum Gasteiger partial charge on any atom is -0.243 e. The highest BCUT2D eigenvalue weighted by molar-refractivity contribution is 4.82. The Hall–Kier alpha value is -0.940. The second-order valence-corrected chi connectivity index (χ2v) is 1.44.